The monoisotopic (exact) mass is 263 g/mol. The highest BCUT2D eigenvalue weighted by atomic mass is 16.7. The van der Waals surface area contributed by atoms with E-state index < -0.39 is 0 Å². The van der Waals surface area contributed by atoms with E-state index in [-0.39, 0.29) is 24.4 Å². The molecule has 1 saturated heterocycles. The van der Waals surface area contributed by atoms with Crippen molar-refractivity contribution in [1.29, 1.82) is 0 Å². The Bertz CT molecular complexity index is 410. The minimum Gasteiger partial charge on any atom is -0.399 e. The summed E-state index contributed by atoms with van der Waals surface area (Å²) in [6.07, 6.45) is 7.56. The van der Waals surface area contributed by atoms with Crippen molar-refractivity contribution in [2.45, 2.75) is 70.4 Å². The van der Waals surface area contributed by atoms with Crippen LogP contribution in [0.1, 0.15) is 47.0 Å². The lowest BCUT2D eigenvalue weighted by Gasteiger charge is -2.32. The van der Waals surface area contributed by atoms with E-state index in [1.54, 1.807) is 0 Å². The van der Waals surface area contributed by atoms with E-state index >= 15 is 0 Å². The summed E-state index contributed by atoms with van der Waals surface area (Å²) in [6.45, 7) is 8.24. The Kier molecular flexibility index (Phi) is 3.11. The van der Waals surface area contributed by atoms with E-state index in [9.17, 15) is 0 Å². The van der Waals surface area contributed by atoms with Gasteiger partial charge >= 0.3 is 7.12 Å². The van der Waals surface area contributed by atoms with Gasteiger partial charge in [0.1, 0.15) is 0 Å². The van der Waals surface area contributed by atoms with E-state index in [4.69, 9.17) is 14.0 Å². The molecule has 0 bridgehead atoms. The van der Waals surface area contributed by atoms with Crippen molar-refractivity contribution in [3.63, 3.8) is 0 Å². The van der Waals surface area contributed by atoms with Gasteiger partial charge in [0.2, 0.25) is 0 Å². The fraction of sp³-hybridized carbons (Fsp3) is 0.786. The zero-order valence-electron chi connectivity index (χ0n) is 12.2. The molecular weight excluding hydrogens is 241 g/mol. The average Bonchev–Trinajstić information content (AvgIpc) is 3.07. The van der Waals surface area contributed by atoms with Crippen molar-refractivity contribution < 1.29 is 14.0 Å². The van der Waals surface area contributed by atoms with Crippen molar-refractivity contribution in [1.82, 2.24) is 0 Å². The molecule has 0 aromatic heterocycles. The molecule has 2 fully saturated rings. The van der Waals surface area contributed by atoms with Gasteiger partial charge in [0.25, 0.3) is 0 Å². The van der Waals surface area contributed by atoms with Crippen LogP contribution in [-0.2, 0) is 14.0 Å². The van der Waals surface area contributed by atoms with E-state index in [1.807, 2.05) is 12.3 Å². The highest BCUT2D eigenvalue weighted by Crippen LogP contribution is 2.38. The SMILES string of the molecule is CC1(C)OB(C2=NC=CC(OC3CC3)C2)OC1(C)C. The molecule has 2 aliphatic heterocycles. The van der Waals surface area contributed by atoms with Crippen LogP contribution in [0, 0.1) is 0 Å². The molecule has 2 heterocycles. The zero-order chi connectivity index (χ0) is 13.7. The number of aliphatic imine (C=N–C) groups is 1. The van der Waals surface area contributed by atoms with Gasteiger partial charge in [-0.15, -0.1) is 0 Å². The molecule has 1 saturated carbocycles. The molecule has 3 rings (SSSR count). The highest BCUT2D eigenvalue weighted by molar-refractivity contribution is 6.82. The molecule has 5 heteroatoms. The molecule has 0 aromatic rings. The number of nitrogens with zero attached hydrogens (tertiary/aromatic N) is 1. The molecule has 1 unspecified atom stereocenters. The lowest BCUT2D eigenvalue weighted by Crippen LogP contribution is -2.41. The van der Waals surface area contributed by atoms with Crippen LogP contribution in [-0.4, -0.2) is 36.1 Å². The van der Waals surface area contributed by atoms with Crippen molar-refractivity contribution in [2.24, 2.45) is 4.99 Å². The van der Waals surface area contributed by atoms with Crippen molar-refractivity contribution in [3.8, 4) is 0 Å². The second-order valence-corrected chi connectivity index (χ2v) is 6.63. The van der Waals surface area contributed by atoms with E-state index in [2.05, 4.69) is 32.7 Å². The highest BCUT2D eigenvalue weighted by Gasteiger charge is 2.53. The van der Waals surface area contributed by atoms with Crippen LogP contribution >= 0.6 is 0 Å². The maximum atomic E-state index is 6.03. The van der Waals surface area contributed by atoms with Gasteiger partial charge < -0.3 is 14.0 Å². The Hall–Kier alpha value is -0.645. The predicted octanol–water partition coefficient (Wildman–Crippen LogP) is 2.52. The fourth-order valence-electron chi connectivity index (χ4n) is 2.24. The Labute approximate surface area is 115 Å². The minimum atomic E-state index is -0.347. The van der Waals surface area contributed by atoms with Crippen LogP contribution in [0.15, 0.2) is 17.3 Å². The maximum Gasteiger partial charge on any atom is 0.510 e. The number of hydrogen-bond acceptors (Lipinski definition) is 4. The summed E-state index contributed by atoms with van der Waals surface area (Å²) in [5.41, 5.74) is 0.314. The van der Waals surface area contributed by atoms with Crippen molar-refractivity contribution >= 4 is 12.7 Å². The van der Waals surface area contributed by atoms with Crippen molar-refractivity contribution in [2.75, 3.05) is 0 Å². The molecule has 104 valence electrons. The first kappa shape index (κ1) is 13.3. The Balaban J connectivity index is 1.66. The summed E-state index contributed by atoms with van der Waals surface area (Å²) < 4.78 is 18.0. The molecule has 3 aliphatic rings. The van der Waals surface area contributed by atoms with Gasteiger partial charge in [-0.2, -0.15) is 0 Å². The molecule has 0 N–H and O–H groups in total. The van der Waals surface area contributed by atoms with Crippen LogP contribution in [0.4, 0.5) is 0 Å². The quantitative estimate of drug-likeness (QED) is 0.734. The van der Waals surface area contributed by atoms with Crippen LogP contribution in [0.2, 0.25) is 0 Å². The predicted molar refractivity (Wildman–Crippen MR) is 75.2 cm³/mol. The molecular formula is C14H22BNO3. The summed E-state index contributed by atoms with van der Waals surface area (Å²) >= 11 is 0. The zero-order valence-corrected chi connectivity index (χ0v) is 12.2. The molecule has 1 atom stereocenters. The lowest BCUT2D eigenvalue weighted by molar-refractivity contribution is 0.00578. The van der Waals surface area contributed by atoms with Crippen molar-refractivity contribution in [3.05, 3.63) is 12.3 Å². The summed E-state index contributed by atoms with van der Waals surface area (Å²) in [7, 11) is -0.347. The second kappa shape index (κ2) is 4.43. The third-order valence-electron chi connectivity index (χ3n) is 4.37. The topological polar surface area (TPSA) is 40.0 Å². The van der Waals surface area contributed by atoms with E-state index in [1.165, 1.54) is 12.8 Å². The standard InChI is InChI=1S/C14H22BNO3/c1-13(2)14(3,4)19-15(18-13)12-9-11(7-8-16-12)17-10-5-6-10/h7-8,10-11H,5-6,9H2,1-4H3. The van der Waals surface area contributed by atoms with E-state index in [0.29, 0.717) is 6.10 Å². The largest absolute Gasteiger partial charge is 0.510 e. The second-order valence-electron chi connectivity index (χ2n) is 6.63. The first-order chi connectivity index (χ1) is 8.87. The third-order valence-corrected chi connectivity index (χ3v) is 4.37. The van der Waals surface area contributed by atoms with Gasteiger partial charge in [-0.25, -0.2) is 0 Å². The van der Waals surface area contributed by atoms with Gasteiger partial charge in [-0.05, 0) is 46.6 Å². The van der Waals surface area contributed by atoms with E-state index in [0.717, 1.165) is 12.0 Å². The van der Waals surface area contributed by atoms with Gasteiger partial charge in [-0.3, -0.25) is 4.99 Å². The van der Waals surface area contributed by atoms with Crippen LogP contribution in [0.3, 0.4) is 0 Å². The molecule has 19 heavy (non-hydrogen) atoms. The first-order valence-corrected chi connectivity index (χ1v) is 7.12. The Morgan fingerprint density at radius 3 is 2.42 bits per heavy atom. The minimum absolute atomic E-state index is 0.124. The third kappa shape index (κ3) is 2.64. The van der Waals surface area contributed by atoms with Crippen LogP contribution in [0.25, 0.3) is 0 Å². The normalized spacial score (nSPS) is 32.5. The summed E-state index contributed by atoms with van der Waals surface area (Å²) in [5, 5.41) is 0. The summed E-state index contributed by atoms with van der Waals surface area (Å²) in [5.74, 6) is 0. The van der Waals surface area contributed by atoms with Gasteiger partial charge in [0.15, 0.2) is 0 Å². The first-order valence-electron chi connectivity index (χ1n) is 7.12. The van der Waals surface area contributed by atoms with Gasteiger partial charge in [0, 0.05) is 12.6 Å². The lowest BCUT2D eigenvalue weighted by atomic mass is 9.78. The number of rotatable bonds is 3. The summed E-state index contributed by atoms with van der Waals surface area (Å²) in [6, 6.07) is 0. The molecule has 1 aliphatic carbocycles. The number of hydrogen-bond donors (Lipinski definition) is 0. The van der Waals surface area contributed by atoms with Crippen LogP contribution < -0.4 is 0 Å². The molecule has 0 aromatic carbocycles. The van der Waals surface area contributed by atoms with Gasteiger partial charge in [0.05, 0.1) is 29.0 Å². The molecule has 0 spiro atoms. The molecule has 4 nitrogen and oxygen atoms in total. The number of ether oxygens (including phenoxy) is 1. The average molecular weight is 263 g/mol. The molecule has 0 amide bonds. The smallest absolute Gasteiger partial charge is 0.399 e. The summed E-state index contributed by atoms with van der Waals surface area (Å²) in [4.78, 5) is 4.43. The van der Waals surface area contributed by atoms with Crippen LogP contribution in [0.5, 0.6) is 0 Å². The van der Waals surface area contributed by atoms with Gasteiger partial charge in [-0.1, -0.05) is 0 Å². The maximum absolute atomic E-state index is 6.03. The Morgan fingerprint density at radius 1 is 1.21 bits per heavy atom. The fourth-order valence-corrected chi connectivity index (χ4v) is 2.24. The Morgan fingerprint density at radius 2 is 1.84 bits per heavy atom. The molecule has 0 radical (unpaired) electrons.